The van der Waals surface area contributed by atoms with Crippen LogP contribution in [0.25, 0.3) is 0 Å². The van der Waals surface area contributed by atoms with Crippen LogP contribution in [0.2, 0.25) is 11.3 Å². The van der Waals surface area contributed by atoms with Crippen molar-refractivity contribution in [3.05, 3.63) is 148 Å². The Kier molecular flexibility index (Phi) is 12.4. The number of carbonyl (C=O) groups is 1. The molecule has 0 radical (unpaired) electrons. The molecule has 0 saturated carbocycles. The highest BCUT2D eigenvalue weighted by Gasteiger charge is 2.50. The lowest BCUT2D eigenvalue weighted by Gasteiger charge is -2.40. The lowest BCUT2D eigenvalue weighted by atomic mass is 9.76. The van der Waals surface area contributed by atoms with Crippen LogP contribution < -0.4 is 10.6 Å². The Morgan fingerprint density at radius 2 is 1.31 bits per heavy atom. The minimum Gasteiger partial charge on any atom is -0.403 e. The number of carbonyl (C=O) groups excluding carboxylic acids is 1. The smallest absolute Gasteiger partial charge is 0.403 e. The second kappa shape index (κ2) is 17.0. The van der Waals surface area contributed by atoms with Crippen LogP contribution in [0.3, 0.4) is 0 Å². The molecule has 5 aromatic rings. The van der Waals surface area contributed by atoms with E-state index in [-0.39, 0.29) is 36.2 Å². The maximum atomic E-state index is 14.1. The Bertz CT molecular complexity index is 1830. The number of nitrogens with zero attached hydrogens (tertiary/aromatic N) is 4. The Balaban J connectivity index is 1.38. The molecular weight excluding hydrogens is 695 g/mol. The molecule has 0 aliphatic carbocycles. The summed E-state index contributed by atoms with van der Waals surface area (Å²) in [6, 6.07) is 37.9. The fourth-order valence-corrected chi connectivity index (χ4v) is 7.43. The largest absolute Gasteiger partial charge is 0.457 e. The quantitative estimate of drug-likeness (QED) is 0.0592. The first kappa shape index (κ1) is 39.4. The molecule has 2 atom stereocenters. The zero-order valence-electron chi connectivity index (χ0n) is 32.2. The van der Waals surface area contributed by atoms with Gasteiger partial charge >= 0.3 is 7.12 Å². The van der Waals surface area contributed by atoms with E-state index in [2.05, 4.69) is 127 Å². The van der Waals surface area contributed by atoms with Crippen molar-refractivity contribution in [1.29, 1.82) is 0 Å². The van der Waals surface area contributed by atoms with Gasteiger partial charge in [-0.15, -0.1) is 5.10 Å². The fraction of sp³-hybridized carbons (Fsp3) is 0.395. The molecule has 1 aliphatic heterocycles. The normalized spacial score (nSPS) is 16.3. The number of rotatable bonds is 16. The van der Waals surface area contributed by atoms with Crippen molar-refractivity contribution in [2.45, 2.75) is 102 Å². The van der Waals surface area contributed by atoms with Gasteiger partial charge in [-0.2, -0.15) is 0 Å². The van der Waals surface area contributed by atoms with Crippen LogP contribution in [-0.2, 0) is 26.2 Å². The summed E-state index contributed by atoms with van der Waals surface area (Å²) in [5, 5.41) is 21.3. The van der Waals surface area contributed by atoms with Crippen LogP contribution in [0.5, 0.6) is 0 Å². The maximum Gasteiger partial charge on any atom is 0.457 e. The third kappa shape index (κ3) is 8.63. The summed E-state index contributed by atoms with van der Waals surface area (Å²) >= 11 is 6.11. The average Bonchev–Trinajstić information content (AvgIpc) is 3.72. The Hall–Kier alpha value is -4.35. The lowest BCUT2D eigenvalue weighted by Crippen LogP contribution is -2.47. The molecule has 11 heteroatoms. The summed E-state index contributed by atoms with van der Waals surface area (Å²) in [4.78, 5) is 14.1. The number of hydrogen-bond donors (Lipinski definition) is 2. The van der Waals surface area contributed by atoms with E-state index in [1.54, 1.807) is 4.68 Å². The highest BCUT2D eigenvalue weighted by atomic mass is 35.5. The second-order valence-corrected chi connectivity index (χ2v) is 16.0. The van der Waals surface area contributed by atoms with E-state index in [0.717, 1.165) is 41.4 Å². The molecule has 1 saturated heterocycles. The van der Waals surface area contributed by atoms with Crippen LogP contribution in [0.1, 0.15) is 101 Å². The van der Waals surface area contributed by atoms with Gasteiger partial charge in [0.1, 0.15) is 6.04 Å². The Morgan fingerprint density at radius 3 is 1.81 bits per heavy atom. The number of tetrazole rings is 1. The maximum absolute atomic E-state index is 14.1. The van der Waals surface area contributed by atoms with E-state index >= 15 is 0 Å². The molecular formula is C43H52BClN6O3. The molecule has 2 unspecified atom stereocenters. The Labute approximate surface area is 325 Å². The summed E-state index contributed by atoms with van der Waals surface area (Å²) in [6.45, 7) is 12.7. The van der Waals surface area contributed by atoms with Gasteiger partial charge in [0.15, 0.2) is 5.82 Å². The molecule has 2 N–H and O–H groups in total. The number of hydrogen-bond acceptors (Lipinski definition) is 7. The molecule has 2 heterocycles. The first-order chi connectivity index (χ1) is 25.9. The molecule has 0 bridgehead atoms. The van der Waals surface area contributed by atoms with Crippen molar-refractivity contribution < 1.29 is 14.1 Å². The fourth-order valence-electron chi connectivity index (χ4n) is 7.30. The Morgan fingerprint density at radius 1 is 0.796 bits per heavy atom. The van der Waals surface area contributed by atoms with Crippen molar-refractivity contribution in [2.24, 2.45) is 5.92 Å². The van der Waals surface area contributed by atoms with Crippen LogP contribution in [0, 0.1) is 5.92 Å². The molecule has 0 spiro atoms. The number of amides is 1. The summed E-state index contributed by atoms with van der Waals surface area (Å²) in [7, 11) is -0.279. The van der Waals surface area contributed by atoms with Crippen LogP contribution >= 0.6 is 11.6 Å². The van der Waals surface area contributed by atoms with Gasteiger partial charge in [-0.25, -0.2) is 4.68 Å². The molecule has 6 rings (SSSR count). The average molecular weight is 747 g/mol. The van der Waals surface area contributed by atoms with Gasteiger partial charge < -0.3 is 14.6 Å². The lowest BCUT2D eigenvalue weighted by molar-refractivity contribution is -0.126. The van der Waals surface area contributed by atoms with Gasteiger partial charge in [-0.05, 0) is 91.2 Å². The van der Waals surface area contributed by atoms with E-state index in [4.69, 9.17) is 20.9 Å². The highest BCUT2D eigenvalue weighted by Crippen LogP contribution is 2.41. The molecule has 1 amide bonds. The number of halogens is 1. The minimum absolute atomic E-state index is 0.108. The van der Waals surface area contributed by atoms with Crippen molar-refractivity contribution in [2.75, 3.05) is 0 Å². The molecule has 1 fully saturated rings. The van der Waals surface area contributed by atoms with E-state index in [0.29, 0.717) is 23.8 Å². The SMILES string of the molecule is CC(C)C(C(=O)NCc1ccc(Cl)cc1)n1nnnc1C(CCCCB1OC(C)(C)C(C)(C)O1)NC(c1ccccc1)(c1ccccc1)c1ccccc1. The van der Waals surface area contributed by atoms with E-state index in [1.807, 2.05) is 56.3 Å². The van der Waals surface area contributed by atoms with Gasteiger partial charge in [0.25, 0.3) is 0 Å². The zero-order chi connectivity index (χ0) is 38.3. The third-order valence-electron chi connectivity index (χ3n) is 10.9. The van der Waals surface area contributed by atoms with Crippen LogP contribution in [0.4, 0.5) is 0 Å². The first-order valence-corrected chi connectivity index (χ1v) is 19.4. The van der Waals surface area contributed by atoms with Crippen molar-refractivity contribution in [3.8, 4) is 0 Å². The number of nitrogens with one attached hydrogen (secondary N) is 2. The van der Waals surface area contributed by atoms with E-state index in [1.165, 1.54) is 0 Å². The standard InChI is InChI=1S/C43H52BClN6O3/c1-31(2)38(40(52)46-30-32-25-27-36(45)28-26-32)51-39(48-49-50-51)37(24-16-17-29-44-53-41(3,4)42(5,6)54-44)47-43(33-18-10-7-11-19-33,34-20-12-8-13-21-34)35-22-14-9-15-23-35/h7-15,18-23,25-28,31,37-38,47H,16-17,24,29-30H2,1-6H3,(H,46,52). The third-order valence-corrected chi connectivity index (χ3v) is 11.1. The predicted octanol–water partition coefficient (Wildman–Crippen LogP) is 8.73. The summed E-state index contributed by atoms with van der Waals surface area (Å²) < 4.78 is 14.4. The topological polar surface area (TPSA) is 103 Å². The second-order valence-electron chi connectivity index (χ2n) is 15.5. The highest BCUT2D eigenvalue weighted by molar-refractivity contribution is 6.45. The number of aromatic nitrogens is 4. The van der Waals surface area contributed by atoms with E-state index < -0.39 is 11.6 Å². The molecule has 9 nitrogen and oxygen atoms in total. The van der Waals surface area contributed by atoms with Crippen molar-refractivity contribution >= 4 is 24.6 Å². The molecule has 54 heavy (non-hydrogen) atoms. The number of unbranched alkanes of at least 4 members (excludes halogenated alkanes) is 1. The summed E-state index contributed by atoms with van der Waals surface area (Å²) in [6.07, 6.45) is 3.14. The zero-order valence-corrected chi connectivity index (χ0v) is 33.0. The van der Waals surface area contributed by atoms with Crippen molar-refractivity contribution in [1.82, 2.24) is 30.8 Å². The number of benzene rings is 4. The monoisotopic (exact) mass is 746 g/mol. The first-order valence-electron chi connectivity index (χ1n) is 19.0. The molecule has 282 valence electrons. The molecule has 4 aromatic carbocycles. The van der Waals surface area contributed by atoms with Gasteiger partial charge in [0.2, 0.25) is 5.91 Å². The van der Waals surface area contributed by atoms with Crippen LogP contribution in [0.15, 0.2) is 115 Å². The van der Waals surface area contributed by atoms with Crippen LogP contribution in [-0.4, -0.2) is 44.4 Å². The molecule has 1 aromatic heterocycles. The molecule has 1 aliphatic rings. The van der Waals surface area contributed by atoms with Gasteiger partial charge in [0, 0.05) is 11.6 Å². The minimum atomic E-state index is -0.791. The summed E-state index contributed by atoms with van der Waals surface area (Å²) in [5.41, 5.74) is 2.61. The van der Waals surface area contributed by atoms with Crippen molar-refractivity contribution in [3.63, 3.8) is 0 Å². The van der Waals surface area contributed by atoms with E-state index in [9.17, 15) is 4.79 Å². The van der Waals surface area contributed by atoms with Gasteiger partial charge in [-0.3, -0.25) is 10.1 Å². The summed E-state index contributed by atoms with van der Waals surface area (Å²) in [5.74, 6) is 0.329. The predicted molar refractivity (Wildman–Crippen MR) is 215 cm³/mol. The van der Waals surface area contributed by atoms with Gasteiger partial charge in [-0.1, -0.05) is 141 Å². The van der Waals surface area contributed by atoms with Gasteiger partial charge in [0.05, 0.1) is 22.8 Å².